The van der Waals surface area contributed by atoms with Crippen molar-refractivity contribution in [3.05, 3.63) is 120 Å². The zero-order chi connectivity index (χ0) is 43.8. The molecule has 2 atom stereocenters. The van der Waals surface area contributed by atoms with E-state index in [-0.39, 0.29) is 43.1 Å². The van der Waals surface area contributed by atoms with Crippen LogP contribution >= 0.6 is 0 Å². The van der Waals surface area contributed by atoms with E-state index in [1.807, 2.05) is 84.9 Å². The first-order chi connectivity index (χ1) is 29.8. The van der Waals surface area contributed by atoms with Crippen LogP contribution in [0.25, 0.3) is 22.1 Å². The fourth-order valence-electron chi connectivity index (χ4n) is 7.91. The lowest BCUT2D eigenvalue weighted by atomic mass is 10.0. The van der Waals surface area contributed by atoms with Crippen LogP contribution in [0.1, 0.15) is 67.1 Å². The van der Waals surface area contributed by atoms with E-state index in [1.165, 1.54) is 0 Å². The molecule has 0 spiro atoms. The largest absolute Gasteiger partial charge is 0.508 e. The Morgan fingerprint density at radius 1 is 0.677 bits per heavy atom. The summed E-state index contributed by atoms with van der Waals surface area (Å²) in [5, 5.41) is 24.4. The van der Waals surface area contributed by atoms with Crippen LogP contribution in [0.4, 0.5) is 14.5 Å². The molecule has 3 aliphatic rings. The molecule has 0 saturated carbocycles. The highest BCUT2D eigenvalue weighted by Gasteiger charge is 2.38. The van der Waals surface area contributed by atoms with Gasteiger partial charge in [0.2, 0.25) is 0 Å². The summed E-state index contributed by atoms with van der Waals surface area (Å²) in [6, 6.07) is 30.9. The number of phenolic OH excluding ortho intramolecular Hbond substituents is 1. The predicted octanol–water partition coefficient (Wildman–Crippen LogP) is 7.23. The highest BCUT2D eigenvalue weighted by atomic mass is 19.3. The van der Waals surface area contributed by atoms with Gasteiger partial charge in [0.1, 0.15) is 29.6 Å². The molecule has 3 aliphatic heterocycles. The Morgan fingerprint density at radius 3 is 1.61 bits per heavy atom. The molecular weight excluding hydrogens is 801 g/mol. The molecule has 328 valence electrons. The van der Waals surface area contributed by atoms with Crippen LogP contribution in [0.5, 0.6) is 5.75 Å². The number of ether oxygens (including phenoxy) is 2. The summed E-state index contributed by atoms with van der Waals surface area (Å²) in [6.45, 7) is 4.23. The molecule has 3 saturated heterocycles. The Hall–Kier alpha value is -5.94. The minimum Gasteiger partial charge on any atom is -0.508 e. The number of alkyl halides is 2. The number of hydrogen-bond donors (Lipinski definition) is 5. The molecule has 0 bridgehead atoms. The molecule has 5 N–H and O–H groups in total. The van der Waals surface area contributed by atoms with Gasteiger partial charge in [0.25, 0.3) is 5.92 Å². The maximum Gasteiger partial charge on any atom is 0.414 e. The molecule has 14 nitrogen and oxygen atoms in total. The zero-order valence-corrected chi connectivity index (χ0v) is 34.8. The van der Waals surface area contributed by atoms with Gasteiger partial charge in [0.05, 0.1) is 40.8 Å². The number of aromatic amines is 2. The molecule has 2 unspecified atom stereocenters. The van der Waals surface area contributed by atoms with Crippen molar-refractivity contribution in [3.8, 4) is 5.75 Å². The van der Waals surface area contributed by atoms with E-state index in [4.69, 9.17) is 39.2 Å². The average molecular weight is 854 g/mol. The van der Waals surface area contributed by atoms with E-state index in [2.05, 4.69) is 33.9 Å². The number of imidazole rings is 2. The SMILES string of the molecule is CN1CCC(OC(c2ccc(O)cc2)c2nc3ccccc3[nH]2)CC1.CN1CCC(OC(c2cccc(N3CCC(F)(F)C3)c2)c2nc3ccccc3[nH]2)CC1.O=C(O)C(=O)O. The number of nitrogens with zero attached hydrogens (tertiary/aromatic N) is 5. The standard InChI is InChI=1S/C24H28F2N4O.C20H23N3O2.C2H2O4/c1-29-12-9-19(10-13-29)31-22(23-27-20-7-2-3-8-21(20)28-23)17-5-4-6-18(15-17)30-14-11-24(25,26)16-30;1-23-12-10-16(11-13-23)25-19(14-6-8-15(24)9-7-14)20-21-17-4-2-3-5-18(17)22-20;3-1(4)2(5)6/h2-8,15,19,22H,9-14,16H2,1H3,(H,27,28);2-9,16,19,24H,10-13H2,1H3,(H,21,22);(H,3,4)(H,5,6). The Balaban J connectivity index is 0.000000168. The van der Waals surface area contributed by atoms with Crippen molar-refractivity contribution < 1.29 is 43.2 Å². The average Bonchev–Trinajstić information content (AvgIpc) is 4.00. The number of para-hydroxylation sites is 4. The van der Waals surface area contributed by atoms with E-state index >= 15 is 0 Å². The number of aromatic nitrogens is 4. The van der Waals surface area contributed by atoms with Gasteiger partial charge in [-0.25, -0.2) is 28.3 Å². The Labute approximate surface area is 358 Å². The lowest BCUT2D eigenvalue weighted by molar-refractivity contribution is -0.159. The Kier molecular flexibility index (Phi) is 14.1. The number of halogens is 2. The van der Waals surface area contributed by atoms with E-state index in [0.29, 0.717) is 6.54 Å². The van der Waals surface area contributed by atoms with Gasteiger partial charge in [0, 0.05) is 44.8 Å². The molecule has 5 heterocycles. The van der Waals surface area contributed by atoms with Gasteiger partial charge in [-0.15, -0.1) is 0 Å². The number of likely N-dealkylation sites (tertiary alicyclic amines) is 2. The molecule has 4 aromatic carbocycles. The summed E-state index contributed by atoms with van der Waals surface area (Å²) < 4.78 is 40.6. The number of anilines is 1. The van der Waals surface area contributed by atoms with Crippen molar-refractivity contribution in [3.63, 3.8) is 0 Å². The number of H-pyrrole nitrogens is 2. The Morgan fingerprint density at radius 2 is 1.16 bits per heavy atom. The molecule has 6 aromatic rings. The number of phenols is 1. The molecule has 9 rings (SSSR count). The van der Waals surface area contributed by atoms with Gasteiger partial charge in [-0.05, 0) is 99.4 Å². The normalized spacial score (nSPS) is 18.4. The Bertz CT molecular complexity index is 2330. The van der Waals surface area contributed by atoms with Crippen LogP contribution in [-0.4, -0.2) is 128 Å². The molecule has 0 radical (unpaired) electrons. The van der Waals surface area contributed by atoms with E-state index in [9.17, 15) is 13.9 Å². The third kappa shape index (κ3) is 11.5. The first kappa shape index (κ1) is 44.1. The van der Waals surface area contributed by atoms with Crippen LogP contribution in [0, 0.1) is 0 Å². The topological polar surface area (TPSA) is 180 Å². The van der Waals surface area contributed by atoms with Crippen molar-refractivity contribution in [2.24, 2.45) is 0 Å². The summed E-state index contributed by atoms with van der Waals surface area (Å²) >= 11 is 0. The highest BCUT2D eigenvalue weighted by molar-refractivity contribution is 6.27. The van der Waals surface area contributed by atoms with Crippen LogP contribution in [0.2, 0.25) is 0 Å². The van der Waals surface area contributed by atoms with Gasteiger partial charge < -0.3 is 49.5 Å². The quantitative estimate of drug-likeness (QED) is 0.0923. The number of hydrogen-bond acceptors (Lipinski definition) is 10. The second kappa shape index (κ2) is 19.8. The van der Waals surface area contributed by atoms with Crippen molar-refractivity contribution in [2.45, 2.75) is 62.4 Å². The maximum atomic E-state index is 13.8. The number of benzene rings is 4. The number of aliphatic carboxylic acids is 2. The summed E-state index contributed by atoms with van der Waals surface area (Å²) in [7, 11) is 4.27. The number of aromatic hydroxyl groups is 1. The van der Waals surface area contributed by atoms with Gasteiger partial charge in [0.15, 0.2) is 0 Å². The molecule has 16 heteroatoms. The summed E-state index contributed by atoms with van der Waals surface area (Å²) in [5.41, 5.74) is 6.54. The zero-order valence-electron chi connectivity index (χ0n) is 34.8. The van der Waals surface area contributed by atoms with Crippen LogP contribution in [0.3, 0.4) is 0 Å². The molecular formula is C46H53F2N7O7. The number of rotatable bonds is 9. The number of carboxylic acids is 2. The molecule has 0 aliphatic carbocycles. The monoisotopic (exact) mass is 853 g/mol. The first-order valence-electron chi connectivity index (χ1n) is 20.9. The van der Waals surface area contributed by atoms with Crippen molar-refractivity contribution >= 4 is 39.7 Å². The number of piperidine rings is 2. The van der Waals surface area contributed by atoms with Crippen molar-refractivity contribution in [1.29, 1.82) is 0 Å². The van der Waals surface area contributed by atoms with Crippen molar-refractivity contribution in [2.75, 3.05) is 58.3 Å². The number of nitrogens with one attached hydrogen (secondary N) is 2. The van der Waals surface area contributed by atoms with Gasteiger partial charge in [-0.3, -0.25) is 0 Å². The summed E-state index contributed by atoms with van der Waals surface area (Å²) in [5.74, 6) is -4.45. The van der Waals surface area contributed by atoms with Gasteiger partial charge in [-0.2, -0.15) is 0 Å². The third-order valence-electron chi connectivity index (χ3n) is 11.4. The lowest BCUT2D eigenvalue weighted by Gasteiger charge is -2.31. The second-order valence-corrected chi connectivity index (χ2v) is 16.1. The van der Waals surface area contributed by atoms with E-state index in [0.717, 1.165) is 102 Å². The third-order valence-corrected chi connectivity index (χ3v) is 11.4. The molecule has 62 heavy (non-hydrogen) atoms. The van der Waals surface area contributed by atoms with E-state index in [1.54, 1.807) is 17.0 Å². The molecule has 3 fully saturated rings. The lowest BCUT2D eigenvalue weighted by Crippen LogP contribution is -2.35. The minimum absolute atomic E-state index is 0.101. The van der Waals surface area contributed by atoms with Crippen LogP contribution < -0.4 is 4.90 Å². The molecule has 0 amide bonds. The number of carboxylic acid groups (broad SMARTS) is 2. The maximum absolute atomic E-state index is 13.8. The minimum atomic E-state index is -2.63. The fourth-order valence-corrected chi connectivity index (χ4v) is 7.91. The number of fused-ring (bicyclic) bond motifs is 2. The van der Waals surface area contributed by atoms with E-state index < -0.39 is 17.9 Å². The van der Waals surface area contributed by atoms with Crippen molar-refractivity contribution in [1.82, 2.24) is 29.7 Å². The fraction of sp³-hybridized carbons (Fsp3) is 0.391. The smallest absolute Gasteiger partial charge is 0.414 e. The van der Waals surface area contributed by atoms with Crippen LogP contribution in [0.15, 0.2) is 97.1 Å². The predicted molar refractivity (Wildman–Crippen MR) is 231 cm³/mol. The second-order valence-electron chi connectivity index (χ2n) is 16.1. The van der Waals surface area contributed by atoms with Gasteiger partial charge in [-0.1, -0.05) is 48.5 Å². The molecule has 2 aromatic heterocycles. The number of carbonyl (C=O) groups is 2. The van der Waals surface area contributed by atoms with Gasteiger partial charge >= 0.3 is 11.9 Å². The summed E-state index contributed by atoms with van der Waals surface area (Å²) in [6.07, 6.45) is 3.58. The highest BCUT2D eigenvalue weighted by Crippen LogP contribution is 2.36. The first-order valence-corrected chi connectivity index (χ1v) is 20.9. The van der Waals surface area contributed by atoms with Crippen LogP contribution in [-0.2, 0) is 19.1 Å². The summed E-state index contributed by atoms with van der Waals surface area (Å²) in [4.78, 5) is 40.9.